The lowest BCUT2D eigenvalue weighted by molar-refractivity contribution is -0.137. The molecular weight excluding hydrogens is 584 g/mol. The highest BCUT2D eigenvalue weighted by Crippen LogP contribution is 2.34. The van der Waals surface area contributed by atoms with Crippen LogP contribution in [0.15, 0.2) is 69.6 Å². The van der Waals surface area contributed by atoms with Gasteiger partial charge in [-0.1, -0.05) is 17.3 Å². The number of rotatable bonds is 6. The molecule has 44 heavy (non-hydrogen) atoms. The molecule has 228 valence electrons. The van der Waals surface area contributed by atoms with E-state index in [9.17, 15) is 31.9 Å². The number of anilines is 1. The summed E-state index contributed by atoms with van der Waals surface area (Å²) >= 11 is 0. The molecule has 1 N–H and O–H groups in total. The zero-order valence-electron chi connectivity index (χ0n) is 23.5. The minimum Gasteiger partial charge on any atom is -0.354 e. The Bertz CT molecular complexity index is 1860. The van der Waals surface area contributed by atoms with Crippen LogP contribution < -0.4 is 5.32 Å². The third-order valence-corrected chi connectivity index (χ3v) is 8.02. The first-order chi connectivity index (χ1) is 20.9. The van der Waals surface area contributed by atoms with Crippen molar-refractivity contribution in [3.63, 3.8) is 0 Å². The Morgan fingerprint density at radius 1 is 1.11 bits per heavy atom. The summed E-state index contributed by atoms with van der Waals surface area (Å²) < 4.78 is 60.3. The van der Waals surface area contributed by atoms with Gasteiger partial charge in [0.05, 0.1) is 23.5 Å². The van der Waals surface area contributed by atoms with Crippen molar-refractivity contribution >= 4 is 45.3 Å². The summed E-state index contributed by atoms with van der Waals surface area (Å²) in [5.74, 6) is -1.69. The molecule has 4 atom stereocenters. The molecule has 4 heterocycles. The number of carbonyl (C=O) groups is 3. The summed E-state index contributed by atoms with van der Waals surface area (Å²) in [5, 5.41) is 15.0. The number of halogens is 4. The number of amides is 2. The molecule has 1 fully saturated rings. The Morgan fingerprint density at radius 2 is 1.91 bits per heavy atom. The van der Waals surface area contributed by atoms with Gasteiger partial charge in [-0.2, -0.15) is 23.4 Å². The number of Topliss-reactive ketones (excluding diaryl/α,β-unsaturated/α-hetero) is 1. The molecule has 0 aliphatic carbocycles. The zero-order chi connectivity index (χ0) is 31.3. The molecule has 0 bridgehead atoms. The number of aromatic nitrogens is 2. The number of hydrogen-bond donors (Lipinski definition) is 1. The number of nitrogens with zero attached hydrogens (tertiary/aromatic N) is 5. The maximum Gasteiger partial charge on any atom is 0.416 e. The molecule has 10 nitrogen and oxygen atoms in total. The number of fused-ring (bicyclic) bond motifs is 2. The molecule has 2 unspecified atom stereocenters. The van der Waals surface area contributed by atoms with Gasteiger partial charge in [0.15, 0.2) is 17.2 Å². The van der Waals surface area contributed by atoms with Crippen molar-refractivity contribution in [3.8, 4) is 0 Å². The van der Waals surface area contributed by atoms with Crippen molar-refractivity contribution in [2.24, 2.45) is 10.2 Å². The van der Waals surface area contributed by atoms with Gasteiger partial charge in [0, 0.05) is 41.2 Å². The number of alkyl halides is 4. The molecule has 2 aromatic carbocycles. The first-order valence-electron chi connectivity index (χ1n) is 13.8. The van der Waals surface area contributed by atoms with Crippen molar-refractivity contribution in [1.29, 1.82) is 0 Å². The highest BCUT2D eigenvalue weighted by atomic mass is 19.4. The molecule has 14 heteroatoms. The van der Waals surface area contributed by atoms with Gasteiger partial charge in [0.2, 0.25) is 11.8 Å². The predicted octanol–water partition coefficient (Wildman–Crippen LogP) is 6.03. The maximum absolute atomic E-state index is 14.6. The van der Waals surface area contributed by atoms with Gasteiger partial charge in [-0.3, -0.25) is 14.4 Å². The summed E-state index contributed by atoms with van der Waals surface area (Å²) in [4.78, 5) is 40.4. The van der Waals surface area contributed by atoms with E-state index in [4.69, 9.17) is 4.52 Å². The summed E-state index contributed by atoms with van der Waals surface area (Å²) in [5.41, 5.74) is 0.818. The second-order valence-corrected chi connectivity index (χ2v) is 11.0. The smallest absolute Gasteiger partial charge is 0.354 e. The average molecular weight is 611 g/mol. The molecular formula is C30H26F4N6O4. The summed E-state index contributed by atoms with van der Waals surface area (Å²) in [6.45, 7) is 2.78. The highest BCUT2D eigenvalue weighted by Gasteiger charge is 2.40. The van der Waals surface area contributed by atoms with Gasteiger partial charge in [0.25, 0.3) is 0 Å². The minimum absolute atomic E-state index is 0.0411. The fourth-order valence-electron chi connectivity index (χ4n) is 5.78. The van der Waals surface area contributed by atoms with E-state index < -0.39 is 35.8 Å². The summed E-state index contributed by atoms with van der Waals surface area (Å²) in [6.07, 6.45) is -1.21. The van der Waals surface area contributed by atoms with Gasteiger partial charge in [0.1, 0.15) is 18.8 Å². The summed E-state index contributed by atoms with van der Waals surface area (Å²) in [6, 6.07) is 7.00. The molecule has 2 aliphatic heterocycles. The SMILES string of the molecule is CC(=O)c1cn(CC(=O)N2C[C@H](F)C[C@H]2C(=O)Nc2noc3cc(C(F)(F)F)ccc23)c2ccc(C3C=CN=NC3C)cc12. The van der Waals surface area contributed by atoms with Crippen LogP contribution in [0.2, 0.25) is 0 Å². The number of likely N-dealkylation sites (tertiary alicyclic amines) is 1. The van der Waals surface area contributed by atoms with Crippen LogP contribution >= 0.6 is 0 Å². The quantitative estimate of drug-likeness (QED) is 0.211. The second kappa shape index (κ2) is 11.0. The molecule has 2 aromatic heterocycles. The van der Waals surface area contributed by atoms with E-state index in [1.165, 1.54) is 6.92 Å². The van der Waals surface area contributed by atoms with E-state index in [0.29, 0.717) is 16.5 Å². The van der Waals surface area contributed by atoms with Gasteiger partial charge in [-0.25, -0.2) is 4.39 Å². The Kier molecular flexibility index (Phi) is 7.30. The van der Waals surface area contributed by atoms with Gasteiger partial charge >= 0.3 is 6.18 Å². The fourth-order valence-corrected chi connectivity index (χ4v) is 5.78. The van der Waals surface area contributed by atoms with Crippen LogP contribution in [0.3, 0.4) is 0 Å². The van der Waals surface area contributed by atoms with Crippen LogP contribution in [0.1, 0.15) is 47.7 Å². The molecule has 1 saturated heterocycles. The first-order valence-corrected chi connectivity index (χ1v) is 13.8. The van der Waals surface area contributed by atoms with Gasteiger partial charge in [-0.15, -0.1) is 0 Å². The fraction of sp³-hybridized carbons (Fsp3) is 0.333. The monoisotopic (exact) mass is 610 g/mol. The van der Waals surface area contributed by atoms with Crippen molar-refractivity contribution in [2.75, 3.05) is 11.9 Å². The normalized spacial score (nSPS) is 21.8. The molecule has 2 amide bonds. The highest BCUT2D eigenvalue weighted by molar-refractivity contribution is 6.07. The molecule has 0 spiro atoms. The molecule has 0 radical (unpaired) electrons. The van der Waals surface area contributed by atoms with E-state index in [1.807, 2.05) is 31.2 Å². The van der Waals surface area contributed by atoms with E-state index in [-0.39, 0.29) is 54.0 Å². The average Bonchev–Trinajstić information content (AvgIpc) is 3.67. The molecule has 4 aromatic rings. The largest absolute Gasteiger partial charge is 0.416 e. The molecule has 0 saturated carbocycles. The number of azo groups is 1. The van der Waals surface area contributed by atoms with Crippen LogP contribution in [0.25, 0.3) is 21.9 Å². The molecule has 6 rings (SSSR count). The van der Waals surface area contributed by atoms with Gasteiger partial charge < -0.3 is 19.3 Å². The van der Waals surface area contributed by atoms with Crippen molar-refractivity contribution in [3.05, 3.63) is 71.6 Å². The lowest BCUT2D eigenvalue weighted by Crippen LogP contribution is -2.44. The first kappa shape index (κ1) is 29.2. The Labute approximate surface area is 247 Å². The molecule has 2 aliphatic rings. The zero-order valence-corrected chi connectivity index (χ0v) is 23.5. The topological polar surface area (TPSA) is 122 Å². The van der Waals surface area contributed by atoms with Crippen molar-refractivity contribution in [1.82, 2.24) is 14.6 Å². The lowest BCUT2D eigenvalue weighted by atomic mass is 9.91. The lowest BCUT2D eigenvalue weighted by Gasteiger charge is -2.23. The van der Waals surface area contributed by atoms with Crippen LogP contribution in [-0.4, -0.2) is 57.0 Å². The minimum atomic E-state index is -4.60. The number of benzene rings is 2. The van der Waals surface area contributed by atoms with Gasteiger partial charge in [-0.05, 0) is 49.7 Å². The van der Waals surface area contributed by atoms with Crippen molar-refractivity contribution in [2.45, 2.75) is 57.2 Å². The van der Waals surface area contributed by atoms with Crippen LogP contribution in [0.4, 0.5) is 23.4 Å². The second-order valence-electron chi connectivity index (χ2n) is 11.0. The third-order valence-electron chi connectivity index (χ3n) is 8.02. The number of ketones is 1. The van der Waals surface area contributed by atoms with E-state index >= 15 is 0 Å². The summed E-state index contributed by atoms with van der Waals surface area (Å²) in [7, 11) is 0. The predicted molar refractivity (Wildman–Crippen MR) is 151 cm³/mol. The Balaban J connectivity index is 1.23. The maximum atomic E-state index is 14.6. The number of hydrogen-bond acceptors (Lipinski definition) is 7. The van der Waals surface area contributed by atoms with E-state index in [2.05, 4.69) is 20.7 Å². The van der Waals surface area contributed by atoms with Crippen LogP contribution in [-0.2, 0) is 22.3 Å². The standard InChI is InChI=1S/C30H26F4N6O4/c1-15-20(7-8-35-37-15)17-3-6-24-22(9-17)23(16(2)41)13-39(24)14-27(42)40-12-19(31)11-25(40)29(43)36-28-21-5-4-18(30(32,33)34)10-26(21)44-38-28/h3-10,13,15,19-20,25H,11-12,14H2,1-2H3,(H,36,38,43)/t15?,19-,20?,25+/m1/s1. The Morgan fingerprint density at radius 3 is 2.64 bits per heavy atom. The van der Waals surface area contributed by atoms with Crippen LogP contribution in [0.5, 0.6) is 0 Å². The van der Waals surface area contributed by atoms with E-state index in [0.717, 1.165) is 28.7 Å². The number of carbonyl (C=O) groups excluding carboxylic acids is 3. The van der Waals surface area contributed by atoms with Crippen molar-refractivity contribution < 1.29 is 36.5 Å². The number of nitrogens with one attached hydrogen (secondary N) is 1. The van der Waals surface area contributed by atoms with E-state index in [1.54, 1.807) is 17.0 Å². The third kappa shape index (κ3) is 5.35. The Hall–Kier alpha value is -4.88. The van der Waals surface area contributed by atoms with Crippen LogP contribution in [0, 0.1) is 0 Å².